The van der Waals surface area contributed by atoms with Crippen molar-refractivity contribution in [2.45, 2.75) is 12.8 Å². The molecule has 0 aromatic heterocycles. The van der Waals surface area contributed by atoms with Crippen molar-refractivity contribution in [3.8, 4) is 11.1 Å². The molecule has 0 amide bonds. The molecule has 0 fully saturated rings. The van der Waals surface area contributed by atoms with E-state index in [4.69, 9.17) is 0 Å². The summed E-state index contributed by atoms with van der Waals surface area (Å²) in [7, 11) is -3.35. The lowest BCUT2D eigenvalue weighted by molar-refractivity contribution is 0.0695. The van der Waals surface area contributed by atoms with Gasteiger partial charge in [0.05, 0.1) is 17.5 Å². The summed E-state index contributed by atoms with van der Waals surface area (Å²) in [5, 5.41) is 9.18. The van der Waals surface area contributed by atoms with Gasteiger partial charge in [-0.15, -0.1) is 0 Å². The maximum atomic E-state index is 11.4. The van der Waals surface area contributed by atoms with Gasteiger partial charge in [0.15, 0.2) is 0 Å². The highest BCUT2D eigenvalue weighted by atomic mass is 32.2. The maximum absolute atomic E-state index is 11.4. The summed E-state index contributed by atoms with van der Waals surface area (Å²) < 4.78 is 25.2. The van der Waals surface area contributed by atoms with Crippen molar-refractivity contribution >= 4 is 21.7 Å². The summed E-state index contributed by atoms with van der Waals surface area (Å²) in [6, 6.07) is 22.4. The van der Waals surface area contributed by atoms with Gasteiger partial charge in [-0.3, -0.25) is 4.72 Å². The largest absolute Gasteiger partial charge is 0.478 e. The van der Waals surface area contributed by atoms with Crippen LogP contribution >= 0.6 is 0 Å². The van der Waals surface area contributed by atoms with E-state index in [1.165, 1.54) is 11.1 Å². The highest BCUT2D eigenvalue weighted by molar-refractivity contribution is 7.92. The summed E-state index contributed by atoms with van der Waals surface area (Å²) in [5.41, 5.74) is 5.20. The van der Waals surface area contributed by atoms with Crippen molar-refractivity contribution in [3.63, 3.8) is 0 Å². The Morgan fingerprint density at radius 2 is 1.32 bits per heavy atom. The fourth-order valence-electron chi connectivity index (χ4n) is 2.92. The van der Waals surface area contributed by atoms with Crippen LogP contribution in [0.3, 0.4) is 0 Å². The number of aromatic carboxylic acids is 1. The molecule has 0 atom stereocenters. The molecule has 0 saturated heterocycles. The first kappa shape index (κ1) is 19.6. The molecule has 2 aromatic carbocycles. The number of carboxylic acid groups (broad SMARTS) is 1. The Kier molecular flexibility index (Phi) is 5.80. The third-order valence-electron chi connectivity index (χ3n) is 4.44. The zero-order chi connectivity index (χ0) is 20.1. The molecule has 2 aliphatic carbocycles. The number of anilines is 1. The van der Waals surface area contributed by atoms with Gasteiger partial charge in [-0.1, -0.05) is 60.7 Å². The summed E-state index contributed by atoms with van der Waals surface area (Å²) in [5.74, 6) is -0.960. The van der Waals surface area contributed by atoms with Crippen LogP contribution in [0.5, 0.6) is 0 Å². The van der Waals surface area contributed by atoms with Crippen LogP contribution in [0.1, 0.15) is 21.5 Å². The monoisotopic (exact) mass is 395 g/mol. The molecule has 0 aliphatic heterocycles. The summed E-state index contributed by atoms with van der Waals surface area (Å²) in [6.07, 6.45) is 2.16. The Balaban J connectivity index is 0.000000311. The second kappa shape index (κ2) is 8.27. The fourth-order valence-corrected chi connectivity index (χ4v) is 3.52. The number of rotatable bonds is 6. The lowest BCUT2D eigenvalue weighted by atomic mass is 9.95. The Morgan fingerprint density at radius 1 is 0.821 bits per heavy atom. The maximum Gasteiger partial charge on any atom is 0.335 e. The number of benzene rings is 3. The molecule has 144 valence electrons. The number of aryl methyl sites for hydroxylation is 2. The van der Waals surface area contributed by atoms with Crippen molar-refractivity contribution < 1.29 is 18.3 Å². The highest BCUT2D eigenvalue weighted by Crippen LogP contribution is 2.29. The molecule has 0 spiro atoms. The third-order valence-corrected chi connectivity index (χ3v) is 5.03. The van der Waals surface area contributed by atoms with E-state index in [9.17, 15) is 18.3 Å². The molecular formula is C22H21NO4S. The molecule has 2 aromatic rings. The van der Waals surface area contributed by atoms with Crippen molar-refractivity contribution in [2.75, 3.05) is 11.0 Å². The number of nitrogens with one attached hydrogen (secondary N) is 1. The number of para-hydroxylation sites is 1. The van der Waals surface area contributed by atoms with Crippen LogP contribution in [0.25, 0.3) is 11.1 Å². The lowest BCUT2D eigenvalue weighted by Crippen LogP contribution is -2.11. The molecule has 28 heavy (non-hydrogen) atoms. The molecule has 0 radical (unpaired) electrons. The predicted molar refractivity (Wildman–Crippen MR) is 111 cm³/mol. The summed E-state index contributed by atoms with van der Waals surface area (Å²) in [6.45, 7) is 0. The molecule has 4 rings (SSSR count). The molecular weight excluding hydrogens is 374 g/mol. The van der Waals surface area contributed by atoms with Crippen LogP contribution in [-0.2, 0) is 22.9 Å². The summed E-state index contributed by atoms with van der Waals surface area (Å²) >= 11 is 0. The van der Waals surface area contributed by atoms with Gasteiger partial charge in [-0.2, -0.15) is 0 Å². The normalized spacial score (nSPS) is 11.2. The first-order valence-electron chi connectivity index (χ1n) is 8.81. The second-order valence-electron chi connectivity index (χ2n) is 6.57. The van der Waals surface area contributed by atoms with E-state index in [0.29, 0.717) is 18.5 Å². The number of hydrogen-bond acceptors (Lipinski definition) is 3. The highest BCUT2D eigenvalue weighted by Gasteiger charge is 2.11. The molecule has 0 unspecified atom stereocenters. The zero-order valence-electron chi connectivity index (χ0n) is 15.4. The van der Waals surface area contributed by atoms with Gasteiger partial charge in [0, 0.05) is 0 Å². The zero-order valence-corrected chi connectivity index (χ0v) is 16.2. The van der Waals surface area contributed by atoms with Gasteiger partial charge < -0.3 is 5.11 Å². The fraction of sp³-hybridized carbons (Fsp3) is 0.136. The Labute approximate surface area is 164 Å². The number of hydrogen-bond donors (Lipinski definition) is 2. The van der Waals surface area contributed by atoms with E-state index in [2.05, 4.69) is 29.0 Å². The predicted octanol–water partition coefficient (Wildman–Crippen LogP) is 4.21. The van der Waals surface area contributed by atoms with Gasteiger partial charge in [0.1, 0.15) is 0 Å². The van der Waals surface area contributed by atoms with Crippen molar-refractivity contribution in [1.29, 1.82) is 0 Å². The van der Waals surface area contributed by atoms with Crippen LogP contribution in [0.4, 0.5) is 5.69 Å². The van der Waals surface area contributed by atoms with Crippen LogP contribution in [0.15, 0.2) is 72.8 Å². The van der Waals surface area contributed by atoms with E-state index in [0.717, 1.165) is 17.4 Å². The average molecular weight is 395 g/mol. The molecule has 6 heteroatoms. The molecule has 0 bridgehead atoms. The first-order valence-corrected chi connectivity index (χ1v) is 10.7. The quantitative estimate of drug-likeness (QED) is 0.512. The van der Waals surface area contributed by atoms with E-state index in [1.807, 2.05) is 12.1 Å². The van der Waals surface area contributed by atoms with Gasteiger partial charge in [-0.05, 0) is 47.2 Å². The van der Waals surface area contributed by atoms with E-state index in [-0.39, 0.29) is 5.56 Å². The Hall–Kier alpha value is -3.12. The number of carbonyl (C=O) groups is 1. The van der Waals surface area contributed by atoms with Crippen molar-refractivity contribution in [2.24, 2.45) is 0 Å². The lowest BCUT2D eigenvalue weighted by Gasteiger charge is -2.11. The Morgan fingerprint density at radius 3 is 1.82 bits per heavy atom. The second-order valence-corrected chi connectivity index (χ2v) is 8.32. The average Bonchev–Trinajstić information content (AvgIpc) is 2.63. The van der Waals surface area contributed by atoms with E-state index >= 15 is 0 Å². The van der Waals surface area contributed by atoms with Crippen LogP contribution in [-0.4, -0.2) is 25.7 Å². The van der Waals surface area contributed by atoms with Gasteiger partial charge >= 0.3 is 5.97 Å². The Bertz CT molecular complexity index is 1070. The third kappa shape index (κ3) is 4.98. The van der Waals surface area contributed by atoms with Crippen LogP contribution in [0, 0.1) is 0 Å². The van der Waals surface area contributed by atoms with Gasteiger partial charge in [0.2, 0.25) is 10.0 Å². The minimum absolute atomic E-state index is 0.274. The van der Waals surface area contributed by atoms with Crippen molar-refractivity contribution in [3.05, 3.63) is 89.5 Å². The molecule has 0 saturated carbocycles. The van der Waals surface area contributed by atoms with Crippen LogP contribution < -0.4 is 4.72 Å². The standard InChI is InChI=1S/C16H17NO4S.C6H4/c1-22(20,21)17-15-9-5-3-7-13(15)11-10-12-6-2-4-8-14(12)16(18)19;1-2-6-4-3-5(1)6/h2-9,17H,10-11H2,1H3,(H,18,19);1-4H. The molecule has 0 heterocycles. The summed E-state index contributed by atoms with van der Waals surface area (Å²) in [4.78, 5) is 11.2. The smallest absolute Gasteiger partial charge is 0.335 e. The van der Waals surface area contributed by atoms with Gasteiger partial charge in [0.25, 0.3) is 0 Å². The number of carboxylic acids is 1. The first-order chi connectivity index (χ1) is 13.3. The minimum Gasteiger partial charge on any atom is -0.478 e. The molecule has 2 aliphatic rings. The van der Waals surface area contributed by atoms with Gasteiger partial charge in [-0.25, -0.2) is 13.2 Å². The minimum atomic E-state index is -3.35. The number of fused-ring (bicyclic) bond motifs is 1. The molecule has 5 nitrogen and oxygen atoms in total. The van der Waals surface area contributed by atoms with Crippen LogP contribution in [0.2, 0.25) is 0 Å². The topological polar surface area (TPSA) is 83.5 Å². The van der Waals surface area contributed by atoms with Crippen molar-refractivity contribution in [1.82, 2.24) is 0 Å². The van der Waals surface area contributed by atoms with E-state index in [1.54, 1.807) is 36.4 Å². The molecule has 2 N–H and O–H groups in total. The SMILES string of the molecule is CS(=O)(=O)Nc1ccccc1CCc1ccccc1C(=O)O.c1cc2ccc1-2. The number of sulfonamides is 1. The van der Waals surface area contributed by atoms with E-state index < -0.39 is 16.0 Å².